The molecular weight excluding hydrogens is 438 g/mol. The molecule has 1 aromatic carbocycles. The van der Waals surface area contributed by atoms with Crippen LogP contribution in [0.4, 0.5) is 0 Å². The molecule has 1 atom stereocenters. The summed E-state index contributed by atoms with van der Waals surface area (Å²) in [5, 5.41) is 9.01. The lowest BCUT2D eigenvalue weighted by Crippen LogP contribution is -2.15. The van der Waals surface area contributed by atoms with Crippen LogP contribution < -0.4 is 0 Å². The number of benzene rings is 1. The molecule has 1 aromatic heterocycles. The van der Waals surface area contributed by atoms with Gasteiger partial charge in [0.2, 0.25) is 0 Å². The highest BCUT2D eigenvalue weighted by atomic mass is 15.3. The van der Waals surface area contributed by atoms with Crippen molar-refractivity contribution in [1.82, 2.24) is 14.8 Å². The van der Waals surface area contributed by atoms with Gasteiger partial charge >= 0.3 is 0 Å². The maximum atomic E-state index is 6.00. The summed E-state index contributed by atoms with van der Waals surface area (Å²) < 4.78 is 1.94. The third-order valence-corrected chi connectivity index (χ3v) is 6.81. The second-order valence-corrected chi connectivity index (χ2v) is 10.3. The Bertz CT molecular complexity index is 1370. The van der Waals surface area contributed by atoms with Crippen LogP contribution in [0.5, 0.6) is 0 Å². The molecule has 1 aliphatic rings. The summed E-state index contributed by atoms with van der Waals surface area (Å²) in [5.41, 5.74) is 4.58. The van der Waals surface area contributed by atoms with Crippen LogP contribution in [0.3, 0.4) is 0 Å². The predicted molar refractivity (Wildman–Crippen MR) is 153 cm³/mol. The summed E-state index contributed by atoms with van der Waals surface area (Å²) in [4.78, 5) is 0. The first-order chi connectivity index (χ1) is 17.1. The smallest absolute Gasteiger partial charge is 0.177 e. The van der Waals surface area contributed by atoms with Crippen molar-refractivity contribution in [2.24, 2.45) is 10.8 Å². The highest BCUT2D eigenvalue weighted by Crippen LogP contribution is 2.35. The first kappa shape index (κ1) is 26.5. The third-order valence-electron chi connectivity index (χ3n) is 6.81. The van der Waals surface area contributed by atoms with E-state index in [4.69, 9.17) is 12.8 Å². The minimum atomic E-state index is -0.0418. The molecule has 0 fully saturated rings. The van der Waals surface area contributed by atoms with E-state index >= 15 is 0 Å². The molecule has 3 nitrogen and oxygen atoms in total. The lowest BCUT2D eigenvalue weighted by atomic mass is 9.77. The number of terminal acetylenes is 2. The number of para-hydroxylation sites is 1. The van der Waals surface area contributed by atoms with Gasteiger partial charge in [-0.25, -0.2) is 0 Å². The van der Waals surface area contributed by atoms with Gasteiger partial charge in [-0.05, 0) is 50.0 Å². The molecule has 3 heteroatoms. The largest absolute Gasteiger partial charge is 0.274 e. The second-order valence-electron chi connectivity index (χ2n) is 10.3. The van der Waals surface area contributed by atoms with E-state index in [1.165, 1.54) is 11.1 Å². The monoisotopic (exact) mass is 473 g/mol. The second kappa shape index (κ2) is 11.1. The van der Waals surface area contributed by atoms with Crippen LogP contribution in [0, 0.1) is 35.5 Å². The molecule has 0 spiro atoms. The Kier molecular flexibility index (Phi) is 8.18. The van der Waals surface area contributed by atoms with Crippen molar-refractivity contribution in [2.75, 3.05) is 0 Å². The Labute approximate surface area is 216 Å². The van der Waals surface area contributed by atoms with Crippen molar-refractivity contribution in [1.29, 1.82) is 0 Å². The highest BCUT2D eigenvalue weighted by molar-refractivity contribution is 5.81. The van der Waals surface area contributed by atoms with Crippen molar-refractivity contribution in [2.45, 2.75) is 48.0 Å². The fraction of sp³-hybridized carbons (Fsp3) is 0.273. The Balaban J connectivity index is 2.15. The maximum Gasteiger partial charge on any atom is 0.177 e. The fourth-order valence-corrected chi connectivity index (χ4v) is 3.71. The van der Waals surface area contributed by atoms with Crippen molar-refractivity contribution in [3.05, 3.63) is 102 Å². The average molecular weight is 474 g/mol. The summed E-state index contributed by atoms with van der Waals surface area (Å²) in [6.07, 6.45) is 29.5. The van der Waals surface area contributed by atoms with Crippen LogP contribution in [-0.2, 0) is 0 Å². The number of aromatic nitrogens is 3. The van der Waals surface area contributed by atoms with Crippen LogP contribution in [0.25, 0.3) is 16.8 Å². The van der Waals surface area contributed by atoms with Crippen molar-refractivity contribution in [3.8, 4) is 30.4 Å². The van der Waals surface area contributed by atoms with Gasteiger partial charge in [-0.2, -0.15) is 0 Å². The van der Waals surface area contributed by atoms with Gasteiger partial charge < -0.3 is 0 Å². The molecule has 0 radical (unpaired) electrons. The van der Waals surface area contributed by atoms with Gasteiger partial charge in [-0.1, -0.05) is 105 Å². The first-order valence-electron chi connectivity index (χ1n) is 12.2. The van der Waals surface area contributed by atoms with E-state index in [-0.39, 0.29) is 10.8 Å². The normalized spacial score (nSPS) is 19.2. The molecular formula is C33H35N3. The van der Waals surface area contributed by atoms with E-state index in [2.05, 4.69) is 100 Å². The van der Waals surface area contributed by atoms with Crippen LogP contribution in [0.15, 0.2) is 90.1 Å². The fourth-order valence-electron chi connectivity index (χ4n) is 3.71. The SMILES string of the molecule is C#C/C(=C\C=C(/C)C(C)(C)C)c1nnc(/C(C#C)=C/C=C(\C)C2(C)C=CC=CC2)n1-c1ccccc1. The topological polar surface area (TPSA) is 30.7 Å². The molecule has 1 unspecified atom stereocenters. The van der Waals surface area contributed by atoms with Crippen molar-refractivity contribution in [3.63, 3.8) is 0 Å². The summed E-state index contributed by atoms with van der Waals surface area (Å²) in [6, 6.07) is 9.90. The number of hydrogen-bond donors (Lipinski definition) is 0. The number of hydrogen-bond acceptors (Lipinski definition) is 2. The van der Waals surface area contributed by atoms with Gasteiger partial charge in [0.25, 0.3) is 0 Å². The molecule has 0 amide bonds. The lowest BCUT2D eigenvalue weighted by molar-refractivity contribution is 0.504. The summed E-state index contributed by atoms with van der Waals surface area (Å²) in [7, 11) is 0. The zero-order valence-electron chi connectivity index (χ0n) is 22.2. The van der Waals surface area contributed by atoms with Gasteiger partial charge in [-0.3, -0.25) is 4.57 Å². The van der Waals surface area contributed by atoms with Gasteiger partial charge in [0.15, 0.2) is 11.6 Å². The Morgan fingerprint density at radius 1 is 0.917 bits per heavy atom. The molecule has 36 heavy (non-hydrogen) atoms. The van der Waals surface area contributed by atoms with E-state index in [1.807, 2.05) is 47.1 Å². The Morgan fingerprint density at radius 2 is 1.50 bits per heavy atom. The Hall–Kier alpha value is -4.08. The highest BCUT2D eigenvalue weighted by Gasteiger charge is 2.23. The van der Waals surface area contributed by atoms with Crippen LogP contribution >= 0.6 is 0 Å². The van der Waals surface area contributed by atoms with E-state index in [0.29, 0.717) is 22.8 Å². The Morgan fingerprint density at radius 3 is 2.00 bits per heavy atom. The zero-order chi connectivity index (χ0) is 26.3. The minimum Gasteiger partial charge on any atom is -0.274 e. The molecule has 182 valence electrons. The van der Waals surface area contributed by atoms with Gasteiger partial charge in [0, 0.05) is 11.1 Å². The number of allylic oxidation sites excluding steroid dienone is 12. The average Bonchev–Trinajstić information content (AvgIpc) is 3.29. The molecule has 0 saturated carbocycles. The van der Waals surface area contributed by atoms with E-state index in [0.717, 1.165) is 12.1 Å². The first-order valence-corrected chi connectivity index (χ1v) is 12.2. The van der Waals surface area contributed by atoms with E-state index in [9.17, 15) is 0 Å². The van der Waals surface area contributed by atoms with E-state index in [1.54, 1.807) is 0 Å². The van der Waals surface area contributed by atoms with Gasteiger partial charge in [0.1, 0.15) is 0 Å². The van der Waals surface area contributed by atoms with Crippen LogP contribution in [0.2, 0.25) is 0 Å². The number of nitrogens with zero attached hydrogens (tertiary/aromatic N) is 3. The predicted octanol–water partition coefficient (Wildman–Crippen LogP) is 7.76. The maximum absolute atomic E-state index is 6.00. The molecule has 1 heterocycles. The van der Waals surface area contributed by atoms with Gasteiger partial charge in [0.05, 0.1) is 11.1 Å². The molecule has 0 saturated heterocycles. The third kappa shape index (κ3) is 5.94. The number of rotatable bonds is 6. The molecule has 3 rings (SSSR count). The minimum absolute atomic E-state index is 0.0397. The summed E-state index contributed by atoms with van der Waals surface area (Å²) in [5.74, 6) is 6.77. The lowest BCUT2D eigenvalue weighted by Gasteiger charge is -2.27. The molecule has 0 aliphatic heterocycles. The zero-order valence-corrected chi connectivity index (χ0v) is 22.2. The van der Waals surface area contributed by atoms with Crippen molar-refractivity contribution >= 4 is 11.1 Å². The van der Waals surface area contributed by atoms with Crippen LogP contribution in [-0.4, -0.2) is 14.8 Å². The van der Waals surface area contributed by atoms with Crippen molar-refractivity contribution < 1.29 is 0 Å². The standard InChI is InChI=1S/C33H35N3/c1-9-27(21-19-25(3)32(5,6)7)30-34-35-31(36(30)29-17-13-11-14-18-29)28(10-2)22-20-26(4)33(8)23-15-12-16-24-33/h1-2,11-23H,24H2,3-8H3/b25-19+,26-20+,27-21+,28-22+. The molecule has 0 N–H and O–H groups in total. The molecule has 1 aliphatic carbocycles. The van der Waals surface area contributed by atoms with Crippen LogP contribution in [0.1, 0.15) is 59.6 Å². The van der Waals surface area contributed by atoms with E-state index < -0.39 is 0 Å². The molecule has 2 aromatic rings. The molecule has 0 bridgehead atoms. The summed E-state index contributed by atoms with van der Waals surface area (Å²) in [6.45, 7) is 13.0. The quantitative estimate of drug-likeness (QED) is 0.317. The van der Waals surface area contributed by atoms with Gasteiger partial charge in [-0.15, -0.1) is 23.0 Å². The summed E-state index contributed by atoms with van der Waals surface area (Å²) >= 11 is 0.